The molecule has 0 rings (SSSR count). The Labute approximate surface area is 35.6 Å². The van der Waals surface area contributed by atoms with Gasteiger partial charge in [-0.3, -0.25) is 0 Å². The molecule has 0 saturated carbocycles. The summed E-state index contributed by atoms with van der Waals surface area (Å²) >= 11 is 0. The van der Waals surface area contributed by atoms with E-state index in [1.807, 2.05) is 0 Å². The van der Waals surface area contributed by atoms with Gasteiger partial charge in [0, 0.05) is 0 Å². The summed E-state index contributed by atoms with van der Waals surface area (Å²) < 4.78 is 0. The quantitative estimate of drug-likeness (QED) is 0.416. The molecular formula is CH2CoN2. The average Bonchev–Trinajstić information content (AvgIpc) is 1.00. The minimum atomic E-state index is 0. The first-order valence-corrected chi connectivity index (χ1v) is 0.224. The van der Waals surface area contributed by atoms with E-state index in [1.54, 1.807) is 0 Å². The zero-order valence-electron chi connectivity index (χ0n) is 1.86. The van der Waals surface area contributed by atoms with Crippen LogP contribution in [0, 0.1) is 11.8 Å². The van der Waals surface area contributed by atoms with E-state index >= 15 is 0 Å². The molecule has 0 aromatic heterocycles. The fourth-order valence-corrected chi connectivity index (χ4v) is 0. The summed E-state index contributed by atoms with van der Waals surface area (Å²) in [4.78, 5) is 0. The van der Waals surface area contributed by atoms with Gasteiger partial charge >= 0.3 is 16.8 Å². The van der Waals surface area contributed by atoms with Crippen LogP contribution in [0.15, 0.2) is 0 Å². The zero-order chi connectivity index (χ0) is 2.00. The molecule has 2 nitrogen and oxygen atoms in total. The Morgan fingerprint density at radius 1 is 1.25 bits per heavy atom. The minimum absolute atomic E-state index is 0. The monoisotopic (exact) mass is 101 g/mol. The summed E-state index contributed by atoms with van der Waals surface area (Å²) in [6.45, 7) is 4.75. The normalized spacial score (nSPS) is 0.500. The van der Waals surface area contributed by atoms with Gasteiger partial charge in [-0.25, -0.2) is 0 Å². The molecule has 0 heterocycles. The Balaban J connectivity index is -0.00000000500. The maximum absolute atomic E-state index is 6.25. The van der Waals surface area contributed by atoms with Gasteiger partial charge in [0.1, 0.15) is 0 Å². The van der Waals surface area contributed by atoms with Gasteiger partial charge in [-0.2, -0.15) is 0 Å². The third-order valence-electron chi connectivity index (χ3n) is 0. The number of nitrogens with zero attached hydrogens (tertiary/aromatic N) is 1. The first-order chi connectivity index (χ1) is 1.00. The zero-order valence-corrected chi connectivity index (χ0v) is 2.90. The molecule has 0 bridgehead atoms. The fraction of sp³-hybridized carbons (Fsp3) is 0. The fourth-order valence-electron chi connectivity index (χ4n) is 0. The average molecular weight is 101 g/mol. The van der Waals surface area contributed by atoms with Crippen LogP contribution in [0.2, 0.25) is 0 Å². The van der Waals surface area contributed by atoms with Crippen LogP contribution in [-0.4, -0.2) is 0 Å². The van der Waals surface area contributed by atoms with Crippen LogP contribution < -0.4 is 0 Å². The van der Waals surface area contributed by atoms with Crippen molar-refractivity contribution in [3.63, 3.8) is 0 Å². The van der Waals surface area contributed by atoms with Gasteiger partial charge in [-0.1, -0.05) is 0 Å². The van der Waals surface area contributed by atoms with Gasteiger partial charge in [-0.15, -0.1) is 0 Å². The van der Waals surface area contributed by atoms with Crippen LogP contribution >= 0.6 is 0 Å². The molecule has 0 spiro atoms. The van der Waals surface area contributed by atoms with E-state index in [-0.39, 0.29) is 22.9 Å². The van der Waals surface area contributed by atoms with Crippen LogP contribution in [-0.2, 0) is 16.8 Å². The first-order valence-electron chi connectivity index (χ1n) is 0.224. The van der Waals surface area contributed by atoms with Crippen molar-refractivity contribution in [2.45, 2.75) is 0 Å². The molecule has 4 heavy (non-hydrogen) atoms. The maximum atomic E-state index is 6.25. The van der Waals surface area contributed by atoms with E-state index in [1.165, 1.54) is 0 Å². The molecule has 0 aromatic carbocycles. The van der Waals surface area contributed by atoms with Crippen LogP contribution in [0.3, 0.4) is 0 Å². The summed E-state index contributed by atoms with van der Waals surface area (Å²) in [5.74, 6) is 0. The smallest absolute Gasteiger partial charge is 0.693 e. The topological polar surface area (TPSA) is 57.3 Å². The van der Waals surface area contributed by atoms with Crippen LogP contribution in [0.25, 0.3) is 6.15 Å². The third-order valence-corrected chi connectivity index (χ3v) is 0. The number of hydrogen-bond acceptors (Lipinski definition) is 1. The molecule has 0 aromatic rings. The van der Waals surface area contributed by atoms with E-state index in [4.69, 9.17) is 11.8 Å². The van der Waals surface area contributed by atoms with Crippen molar-refractivity contribution >= 4 is 0 Å². The van der Waals surface area contributed by atoms with Crippen LogP contribution in [0.1, 0.15) is 0 Å². The number of rotatable bonds is 0. The van der Waals surface area contributed by atoms with Crippen LogP contribution in [0.5, 0.6) is 0 Å². The van der Waals surface area contributed by atoms with Crippen molar-refractivity contribution in [2.24, 2.45) is 0 Å². The second-order valence-corrected chi connectivity index (χ2v) is 0. The Hall–Kier alpha value is -0.0435. The standard InChI is InChI=1S/CN.Co.H2N/c1-2;;/h;;1H2/q-1;+2;-1. The molecule has 0 unspecified atom stereocenters. The Morgan fingerprint density at radius 2 is 1.25 bits per heavy atom. The molecule has 3 heteroatoms. The molecule has 0 aliphatic carbocycles. The summed E-state index contributed by atoms with van der Waals surface area (Å²) in [6, 6.07) is 0. The number of hydrogen-bond donors (Lipinski definition) is 0. The molecule has 1 radical (unpaired) electrons. The van der Waals surface area contributed by atoms with E-state index in [2.05, 4.69) is 0 Å². The Morgan fingerprint density at radius 3 is 1.25 bits per heavy atom. The van der Waals surface area contributed by atoms with Gasteiger partial charge in [-0.05, 0) is 0 Å². The predicted molar refractivity (Wildman–Crippen MR) is 10.3 cm³/mol. The van der Waals surface area contributed by atoms with Gasteiger partial charge in [0.15, 0.2) is 0 Å². The van der Waals surface area contributed by atoms with E-state index in [0.29, 0.717) is 0 Å². The van der Waals surface area contributed by atoms with E-state index in [9.17, 15) is 0 Å². The summed E-state index contributed by atoms with van der Waals surface area (Å²) in [6.07, 6.45) is 0. The number of nitrogens with two attached hydrogens (primary N) is 1. The van der Waals surface area contributed by atoms with Crippen molar-refractivity contribution in [1.82, 2.24) is 0 Å². The molecule has 0 saturated heterocycles. The first kappa shape index (κ1) is 37.8. The van der Waals surface area contributed by atoms with Gasteiger partial charge in [0.25, 0.3) is 0 Å². The largest absolute Gasteiger partial charge is 2.00 e. The Bertz CT molecular complexity index is 10.8. The molecule has 25 valence electrons. The summed E-state index contributed by atoms with van der Waals surface area (Å²) in [5, 5.41) is 6.25. The second kappa shape index (κ2) is 5980. The minimum Gasteiger partial charge on any atom is -0.693 e. The van der Waals surface area contributed by atoms with Crippen LogP contribution in [0.4, 0.5) is 0 Å². The third kappa shape index (κ3) is 946. The van der Waals surface area contributed by atoms with Gasteiger partial charge in [0.2, 0.25) is 0 Å². The molecule has 0 atom stereocenters. The van der Waals surface area contributed by atoms with Crippen molar-refractivity contribution < 1.29 is 16.8 Å². The maximum Gasteiger partial charge on any atom is 2.00 e. The molecule has 2 N–H and O–H groups in total. The van der Waals surface area contributed by atoms with E-state index in [0.717, 1.165) is 0 Å². The van der Waals surface area contributed by atoms with Crippen molar-refractivity contribution in [1.29, 1.82) is 5.26 Å². The molecule has 0 aliphatic rings. The summed E-state index contributed by atoms with van der Waals surface area (Å²) in [5.41, 5.74) is 0. The molecular weight excluding hydrogens is 99.0 g/mol. The Kier molecular flexibility index (Phi) is 56500. The van der Waals surface area contributed by atoms with Gasteiger partial charge < -0.3 is 18.0 Å². The molecule has 0 aliphatic heterocycles. The summed E-state index contributed by atoms with van der Waals surface area (Å²) in [7, 11) is 0. The van der Waals surface area contributed by atoms with Crippen molar-refractivity contribution in [3.8, 4) is 0 Å². The van der Waals surface area contributed by atoms with E-state index < -0.39 is 0 Å². The van der Waals surface area contributed by atoms with Crippen molar-refractivity contribution in [2.75, 3.05) is 0 Å². The molecule has 0 amide bonds. The second-order valence-electron chi connectivity index (χ2n) is 0. The predicted octanol–water partition coefficient (Wildman–Crippen LogP) is 0.811. The van der Waals surface area contributed by atoms with Crippen molar-refractivity contribution in [3.05, 3.63) is 12.7 Å². The molecule has 0 fully saturated rings. The SMILES string of the molecule is [C-]#N.[Co+2].[NH2-]. The van der Waals surface area contributed by atoms with Gasteiger partial charge in [0.05, 0.1) is 0 Å².